The minimum Gasteiger partial charge on any atom is -0.398 e. The first-order chi connectivity index (χ1) is 15.3. The highest BCUT2D eigenvalue weighted by Crippen LogP contribution is 2.33. The standard InChI is InChI=1S/C24H36ClN7O/c1-13(2)32-20(29-14(3)21(32)23(33)30-15-11-31(7)12-15)10-28-22(27)16-8-17(24(4,5)6)18(25)9-19(16)26/h8-9,13,15H,10-12,26H2,1-7H3,(H2,27,28)(H,30,33). The maximum Gasteiger partial charge on any atom is 0.270 e. The number of anilines is 1. The van der Waals surface area contributed by atoms with E-state index in [1.807, 2.05) is 38.5 Å². The number of nitrogens with zero attached hydrogens (tertiary/aromatic N) is 4. The molecule has 1 aliphatic heterocycles. The Morgan fingerprint density at radius 1 is 1.33 bits per heavy atom. The molecule has 3 rings (SSSR count). The number of rotatable bonds is 6. The summed E-state index contributed by atoms with van der Waals surface area (Å²) in [5.74, 6) is 0.894. The largest absolute Gasteiger partial charge is 0.398 e. The number of hydrogen-bond acceptors (Lipinski definition) is 5. The second kappa shape index (κ2) is 9.35. The monoisotopic (exact) mass is 473 g/mol. The van der Waals surface area contributed by atoms with Crippen molar-refractivity contribution in [2.45, 2.75) is 65.6 Å². The SMILES string of the molecule is Cc1nc(CN=C(N)c2cc(C(C)(C)C)c(Cl)cc2N)n(C(C)C)c1C(=O)NC1CN(C)C1. The summed E-state index contributed by atoms with van der Waals surface area (Å²) >= 11 is 6.41. The summed E-state index contributed by atoms with van der Waals surface area (Å²) in [7, 11) is 2.03. The summed E-state index contributed by atoms with van der Waals surface area (Å²) in [6, 6.07) is 3.83. The molecule has 0 saturated carbocycles. The number of likely N-dealkylation sites (N-methyl/N-ethyl adjacent to an activating group) is 1. The van der Waals surface area contributed by atoms with Crippen molar-refractivity contribution < 1.29 is 4.79 Å². The molecule has 0 radical (unpaired) electrons. The van der Waals surface area contributed by atoms with Crippen LogP contribution in [0.1, 0.15) is 73.8 Å². The van der Waals surface area contributed by atoms with Gasteiger partial charge in [0.2, 0.25) is 0 Å². The van der Waals surface area contributed by atoms with E-state index in [0.29, 0.717) is 39.3 Å². The van der Waals surface area contributed by atoms with Gasteiger partial charge in [0.1, 0.15) is 17.4 Å². The molecule has 0 spiro atoms. The molecule has 1 aromatic carbocycles. The van der Waals surface area contributed by atoms with Gasteiger partial charge >= 0.3 is 0 Å². The van der Waals surface area contributed by atoms with Gasteiger partial charge in [0.15, 0.2) is 0 Å². The number of nitrogen functional groups attached to an aromatic ring is 1. The normalized spacial score (nSPS) is 15.7. The topological polar surface area (TPSA) is 115 Å². The van der Waals surface area contributed by atoms with Gasteiger partial charge in [-0.3, -0.25) is 9.79 Å². The highest BCUT2D eigenvalue weighted by molar-refractivity contribution is 6.32. The first kappa shape index (κ1) is 25.1. The molecule has 9 heteroatoms. The van der Waals surface area contributed by atoms with Crippen LogP contribution < -0.4 is 16.8 Å². The summed E-state index contributed by atoms with van der Waals surface area (Å²) in [6.45, 7) is 14.1. The lowest BCUT2D eigenvalue weighted by atomic mass is 9.85. The first-order valence-corrected chi connectivity index (χ1v) is 11.6. The molecule has 0 unspecified atom stereocenters. The van der Waals surface area contributed by atoms with Crippen molar-refractivity contribution in [2.24, 2.45) is 10.7 Å². The summed E-state index contributed by atoms with van der Waals surface area (Å²) in [5.41, 5.74) is 15.7. The molecule has 2 heterocycles. The van der Waals surface area contributed by atoms with Gasteiger partial charge in [-0.25, -0.2) is 4.98 Å². The smallest absolute Gasteiger partial charge is 0.270 e. The van der Waals surface area contributed by atoms with Gasteiger partial charge in [0, 0.05) is 35.4 Å². The number of halogens is 1. The maximum atomic E-state index is 13.0. The number of benzene rings is 1. The summed E-state index contributed by atoms with van der Waals surface area (Å²) in [5, 5.41) is 3.71. The molecule has 5 N–H and O–H groups in total. The number of aromatic nitrogens is 2. The average Bonchev–Trinajstić information content (AvgIpc) is 3.00. The van der Waals surface area contributed by atoms with E-state index in [-0.39, 0.29) is 30.0 Å². The zero-order valence-electron chi connectivity index (χ0n) is 20.7. The van der Waals surface area contributed by atoms with E-state index in [4.69, 9.17) is 23.1 Å². The molecule has 180 valence electrons. The zero-order chi connectivity index (χ0) is 24.7. The number of hydrogen-bond donors (Lipinski definition) is 3. The van der Waals surface area contributed by atoms with Crippen LogP contribution in [0.5, 0.6) is 0 Å². The summed E-state index contributed by atoms with van der Waals surface area (Å²) in [6.07, 6.45) is 0. The van der Waals surface area contributed by atoms with Crippen LogP contribution in [0.3, 0.4) is 0 Å². The van der Waals surface area contributed by atoms with Crippen LogP contribution in [-0.4, -0.2) is 52.4 Å². The predicted molar refractivity (Wildman–Crippen MR) is 135 cm³/mol. The van der Waals surface area contributed by atoms with E-state index in [1.54, 1.807) is 6.07 Å². The van der Waals surface area contributed by atoms with E-state index < -0.39 is 0 Å². The quantitative estimate of drug-likeness (QED) is 0.338. The van der Waals surface area contributed by atoms with Crippen LogP contribution in [0.15, 0.2) is 17.1 Å². The number of aliphatic imine (C=N–C) groups is 1. The Morgan fingerprint density at radius 3 is 2.52 bits per heavy atom. The van der Waals surface area contributed by atoms with Gasteiger partial charge in [0.25, 0.3) is 5.91 Å². The summed E-state index contributed by atoms with van der Waals surface area (Å²) in [4.78, 5) is 24.4. The third-order valence-corrected chi connectivity index (χ3v) is 6.22. The second-order valence-corrected chi connectivity index (χ2v) is 10.6. The van der Waals surface area contributed by atoms with Crippen LogP contribution in [0.4, 0.5) is 5.69 Å². The van der Waals surface area contributed by atoms with Gasteiger partial charge in [-0.15, -0.1) is 0 Å². The lowest BCUT2D eigenvalue weighted by Crippen LogP contribution is -2.57. The number of aryl methyl sites for hydroxylation is 1. The fourth-order valence-electron chi connectivity index (χ4n) is 4.22. The van der Waals surface area contributed by atoms with E-state index >= 15 is 0 Å². The minimum atomic E-state index is -0.164. The molecule has 1 fully saturated rings. The Hall–Kier alpha value is -2.58. The fraction of sp³-hybridized carbons (Fsp3) is 0.542. The molecular formula is C24H36ClN7O. The lowest BCUT2D eigenvalue weighted by molar-refractivity contribution is 0.0846. The van der Waals surface area contributed by atoms with Crippen molar-refractivity contribution in [2.75, 3.05) is 25.9 Å². The highest BCUT2D eigenvalue weighted by atomic mass is 35.5. The minimum absolute atomic E-state index is 0.0375. The molecule has 0 aliphatic carbocycles. The highest BCUT2D eigenvalue weighted by Gasteiger charge is 2.29. The Labute approximate surface area is 201 Å². The molecule has 0 atom stereocenters. The lowest BCUT2D eigenvalue weighted by Gasteiger charge is -2.36. The molecule has 1 saturated heterocycles. The van der Waals surface area contributed by atoms with Gasteiger partial charge < -0.3 is 26.3 Å². The maximum absolute atomic E-state index is 13.0. The molecule has 0 bridgehead atoms. The number of amides is 1. The van der Waals surface area contributed by atoms with Crippen molar-refractivity contribution in [3.8, 4) is 0 Å². The molecule has 1 amide bonds. The van der Waals surface area contributed by atoms with Gasteiger partial charge in [0.05, 0.1) is 18.3 Å². The average molecular weight is 474 g/mol. The predicted octanol–water partition coefficient (Wildman–Crippen LogP) is 3.25. The third kappa shape index (κ3) is 5.33. The fourth-order valence-corrected chi connectivity index (χ4v) is 4.67. The van der Waals surface area contributed by atoms with E-state index in [0.717, 1.165) is 18.7 Å². The van der Waals surface area contributed by atoms with Crippen LogP contribution >= 0.6 is 11.6 Å². The number of imidazole rings is 1. The first-order valence-electron chi connectivity index (χ1n) is 11.3. The van der Waals surface area contributed by atoms with Crippen molar-refractivity contribution in [1.29, 1.82) is 0 Å². The van der Waals surface area contributed by atoms with Crippen molar-refractivity contribution >= 4 is 29.0 Å². The van der Waals surface area contributed by atoms with Gasteiger partial charge in [-0.05, 0) is 50.9 Å². The molecule has 33 heavy (non-hydrogen) atoms. The Morgan fingerprint density at radius 2 is 1.97 bits per heavy atom. The molecule has 1 aromatic heterocycles. The number of amidine groups is 1. The molecule has 2 aromatic rings. The molecular weight excluding hydrogens is 438 g/mol. The van der Waals surface area contributed by atoms with Crippen molar-refractivity contribution in [1.82, 2.24) is 19.8 Å². The third-order valence-electron chi connectivity index (χ3n) is 5.90. The number of nitrogens with two attached hydrogens (primary N) is 2. The van der Waals surface area contributed by atoms with Gasteiger partial charge in [-0.1, -0.05) is 32.4 Å². The van der Waals surface area contributed by atoms with Crippen molar-refractivity contribution in [3.63, 3.8) is 0 Å². The van der Waals surface area contributed by atoms with E-state index in [9.17, 15) is 4.79 Å². The van der Waals surface area contributed by atoms with E-state index in [2.05, 4.69) is 41.0 Å². The molecule has 1 aliphatic rings. The zero-order valence-corrected chi connectivity index (χ0v) is 21.4. The van der Waals surface area contributed by atoms with Crippen LogP contribution in [0.25, 0.3) is 0 Å². The number of likely N-dealkylation sites (tertiary alicyclic amines) is 1. The molecule has 8 nitrogen and oxygen atoms in total. The van der Waals surface area contributed by atoms with Gasteiger partial charge in [-0.2, -0.15) is 0 Å². The number of nitrogens with one attached hydrogen (secondary N) is 1. The Bertz CT molecular complexity index is 1080. The van der Waals surface area contributed by atoms with E-state index in [1.165, 1.54) is 0 Å². The van der Waals surface area contributed by atoms with Crippen LogP contribution in [-0.2, 0) is 12.0 Å². The Kier molecular flexibility index (Phi) is 7.10. The summed E-state index contributed by atoms with van der Waals surface area (Å²) < 4.78 is 1.94. The second-order valence-electron chi connectivity index (χ2n) is 10.2. The van der Waals surface area contributed by atoms with Crippen LogP contribution in [0, 0.1) is 6.92 Å². The number of carbonyl (C=O) groups is 1. The number of carbonyl (C=O) groups excluding carboxylic acids is 1. The van der Waals surface area contributed by atoms with Crippen molar-refractivity contribution in [3.05, 3.63) is 45.5 Å². The van der Waals surface area contributed by atoms with Crippen LogP contribution in [0.2, 0.25) is 5.02 Å². The Balaban J connectivity index is 1.90.